The first-order valence-corrected chi connectivity index (χ1v) is 11.5. The van der Waals surface area contributed by atoms with Crippen LogP contribution in [0, 0.1) is 0 Å². The number of nitrogens with zero attached hydrogens (tertiary/aromatic N) is 2. The zero-order chi connectivity index (χ0) is 21.2. The normalized spacial score (nSPS) is 21.8. The number of carbonyl (C=O) groups is 3. The molecule has 2 atom stereocenters. The predicted molar refractivity (Wildman–Crippen MR) is 106 cm³/mol. The number of ether oxygens (including phenoxy) is 1. The van der Waals surface area contributed by atoms with E-state index in [0.717, 1.165) is 18.5 Å². The molecule has 8 nitrogen and oxygen atoms in total. The van der Waals surface area contributed by atoms with Crippen LogP contribution in [0.15, 0.2) is 24.3 Å². The van der Waals surface area contributed by atoms with Crippen LogP contribution in [0.25, 0.3) is 0 Å². The number of hydrogen-bond donors (Lipinski definition) is 0. The van der Waals surface area contributed by atoms with Gasteiger partial charge in [-0.2, -0.15) is 0 Å². The lowest BCUT2D eigenvalue weighted by molar-refractivity contribution is -0.140. The molecule has 1 aromatic rings. The fourth-order valence-electron chi connectivity index (χ4n) is 3.66. The van der Waals surface area contributed by atoms with Crippen LogP contribution >= 0.6 is 0 Å². The summed E-state index contributed by atoms with van der Waals surface area (Å²) in [5.41, 5.74) is 1.23. The molecule has 2 amide bonds. The summed E-state index contributed by atoms with van der Waals surface area (Å²) in [7, 11) is -1.57. The largest absolute Gasteiger partial charge is 0.449 e. The van der Waals surface area contributed by atoms with Gasteiger partial charge >= 0.3 is 5.97 Å². The van der Waals surface area contributed by atoms with E-state index in [-0.39, 0.29) is 23.5 Å². The molecule has 2 heterocycles. The summed E-state index contributed by atoms with van der Waals surface area (Å²) in [6.45, 7) is 2.74. The summed E-state index contributed by atoms with van der Waals surface area (Å²) in [5, 5.41) is 0. The average Bonchev–Trinajstić information content (AvgIpc) is 3.25. The van der Waals surface area contributed by atoms with Gasteiger partial charge in [-0.25, -0.2) is 13.2 Å². The van der Waals surface area contributed by atoms with Crippen molar-refractivity contribution in [1.82, 2.24) is 9.80 Å². The van der Waals surface area contributed by atoms with E-state index in [1.54, 1.807) is 29.2 Å². The summed E-state index contributed by atoms with van der Waals surface area (Å²) in [4.78, 5) is 39.7. The van der Waals surface area contributed by atoms with Crippen molar-refractivity contribution in [3.8, 4) is 0 Å². The highest BCUT2D eigenvalue weighted by molar-refractivity contribution is 7.91. The second kappa shape index (κ2) is 8.52. The standard InChI is InChI=1S/C20H26N2O6S/c1-14(19(24)21(2)17-9-11-29(26,27)13-17)28-20(25)16-7-5-15(6-8-16)12-22-10-3-4-18(22)23/h5-8,14,17H,3-4,9-13H2,1-2H3. The van der Waals surface area contributed by atoms with Gasteiger partial charge in [-0.05, 0) is 37.5 Å². The SMILES string of the molecule is CC(OC(=O)c1ccc(CN2CCCC2=O)cc1)C(=O)N(C)C1CCS(=O)(=O)C1. The van der Waals surface area contributed by atoms with Crippen LogP contribution in [0.2, 0.25) is 0 Å². The van der Waals surface area contributed by atoms with Crippen molar-refractivity contribution in [2.75, 3.05) is 25.1 Å². The number of esters is 1. The van der Waals surface area contributed by atoms with Crippen molar-refractivity contribution in [2.24, 2.45) is 0 Å². The second-order valence-corrected chi connectivity index (χ2v) is 9.90. The summed E-state index contributed by atoms with van der Waals surface area (Å²) < 4.78 is 28.5. The molecule has 3 rings (SSSR count). The molecule has 2 aliphatic heterocycles. The van der Waals surface area contributed by atoms with Gasteiger partial charge < -0.3 is 14.5 Å². The van der Waals surface area contributed by atoms with Crippen molar-refractivity contribution >= 4 is 27.6 Å². The Balaban J connectivity index is 1.55. The monoisotopic (exact) mass is 422 g/mol. The molecule has 2 aliphatic rings. The molecule has 9 heteroatoms. The Labute approximate surface area is 170 Å². The van der Waals surface area contributed by atoms with Crippen LogP contribution in [0.5, 0.6) is 0 Å². The molecule has 2 unspecified atom stereocenters. The lowest BCUT2D eigenvalue weighted by Crippen LogP contribution is -2.44. The number of amides is 2. The van der Waals surface area contributed by atoms with Crippen LogP contribution < -0.4 is 0 Å². The summed E-state index contributed by atoms with van der Waals surface area (Å²) >= 11 is 0. The molecular weight excluding hydrogens is 396 g/mol. The number of likely N-dealkylation sites (N-methyl/N-ethyl adjacent to an activating group) is 1. The number of likely N-dealkylation sites (tertiary alicyclic amines) is 1. The zero-order valence-electron chi connectivity index (χ0n) is 16.7. The second-order valence-electron chi connectivity index (χ2n) is 7.67. The van der Waals surface area contributed by atoms with E-state index in [4.69, 9.17) is 4.74 Å². The van der Waals surface area contributed by atoms with Gasteiger partial charge in [0, 0.05) is 32.6 Å². The third-order valence-corrected chi connectivity index (χ3v) is 7.22. The minimum atomic E-state index is -3.11. The third kappa shape index (κ3) is 5.14. The number of rotatable bonds is 6. The Kier molecular flexibility index (Phi) is 6.26. The summed E-state index contributed by atoms with van der Waals surface area (Å²) in [6, 6.07) is 6.38. The van der Waals surface area contributed by atoms with E-state index in [1.165, 1.54) is 18.9 Å². The highest BCUT2D eigenvalue weighted by atomic mass is 32.2. The van der Waals surface area contributed by atoms with Gasteiger partial charge in [-0.1, -0.05) is 12.1 Å². The van der Waals surface area contributed by atoms with Gasteiger partial charge in [0.2, 0.25) is 5.91 Å². The molecule has 0 saturated carbocycles. The van der Waals surface area contributed by atoms with Gasteiger partial charge in [-0.3, -0.25) is 9.59 Å². The van der Waals surface area contributed by atoms with E-state index < -0.39 is 27.8 Å². The highest BCUT2D eigenvalue weighted by Crippen LogP contribution is 2.19. The fourth-order valence-corrected chi connectivity index (χ4v) is 5.44. The predicted octanol–water partition coefficient (Wildman–Crippen LogP) is 1.000. The summed E-state index contributed by atoms with van der Waals surface area (Å²) in [5.74, 6) is -0.901. The van der Waals surface area contributed by atoms with Crippen molar-refractivity contribution in [1.29, 1.82) is 0 Å². The number of hydrogen-bond acceptors (Lipinski definition) is 6. The first kappa shape index (κ1) is 21.3. The van der Waals surface area contributed by atoms with Gasteiger partial charge in [0.15, 0.2) is 15.9 Å². The van der Waals surface area contributed by atoms with E-state index in [2.05, 4.69) is 0 Å². The molecule has 0 radical (unpaired) electrons. The topological polar surface area (TPSA) is 101 Å². The van der Waals surface area contributed by atoms with E-state index >= 15 is 0 Å². The molecule has 0 aromatic heterocycles. The van der Waals surface area contributed by atoms with Crippen LogP contribution in [0.1, 0.15) is 42.1 Å². The molecule has 0 N–H and O–H groups in total. The number of benzene rings is 1. The average molecular weight is 423 g/mol. The minimum Gasteiger partial charge on any atom is -0.449 e. The van der Waals surface area contributed by atoms with E-state index in [0.29, 0.717) is 24.9 Å². The van der Waals surface area contributed by atoms with Crippen molar-refractivity contribution in [2.45, 2.75) is 44.9 Å². The zero-order valence-corrected chi connectivity index (χ0v) is 17.5. The highest BCUT2D eigenvalue weighted by Gasteiger charge is 2.35. The molecule has 0 spiro atoms. The van der Waals surface area contributed by atoms with Crippen LogP contribution in [-0.4, -0.2) is 73.2 Å². The lowest BCUT2D eigenvalue weighted by atomic mass is 10.1. The molecule has 158 valence electrons. The molecule has 2 saturated heterocycles. The maximum absolute atomic E-state index is 12.5. The van der Waals surface area contributed by atoms with E-state index in [1.807, 2.05) is 0 Å². The molecule has 0 aliphatic carbocycles. The van der Waals surface area contributed by atoms with E-state index in [9.17, 15) is 22.8 Å². The Hall–Kier alpha value is -2.42. The molecule has 1 aromatic carbocycles. The first-order valence-electron chi connectivity index (χ1n) is 9.71. The maximum Gasteiger partial charge on any atom is 0.338 e. The molecule has 29 heavy (non-hydrogen) atoms. The third-order valence-electron chi connectivity index (χ3n) is 5.47. The van der Waals surface area contributed by atoms with Crippen LogP contribution in [0.3, 0.4) is 0 Å². The first-order chi connectivity index (χ1) is 13.7. The number of sulfone groups is 1. The molecular formula is C20H26N2O6S. The van der Waals surface area contributed by atoms with Crippen molar-refractivity contribution < 1.29 is 27.5 Å². The fraction of sp³-hybridized carbons (Fsp3) is 0.550. The smallest absolute Gasteiger partial charge is 0.338 e. The van der Waals surface area contributed by atoms with Crippen molar-refractivity contribution in [3.05, 3.63) is 35.4 Å². The quantitative estimate of drug-likeness (QED) is 0.634. The lowest BCUT2D eigenvalue weighted by Gasteiger charge is -2.26. The molecule has 2 fully saturated rings. The molecule has 0 bridgehead atoms. The van der Waals surface area contributed by atoms with Crippen molar-refractivity contribution in [3.63, 3.8) is 0 Å². The Morgan fingerprint density at radius 2 is 1.97 bits per heavy atom. The van der Waals surface area contributed by atoms with Crippen LogP contribution in [0.4, 0.5) is 0 Å². The van der Waals surface area contributed by atoms with Gasteiger partial charge in [0.05, 0.1) is 17.1 Å². The van der Waals surface area contributed by atoms with Gasteiger partial charge in [0.25, 0.3) is 5.91 Å². The van der Waals surface area contributed by atoms with Gasteiger partial charge in [-0.15, -0.1) is 0 Å². The minimum absolute atomic E-state index is 0.0586. The Morgan fingerprint density at radius 3 is 2.52 bits per heavy atom. The maximum atomic E-state index is 12.5. The van der Waals surface area contributed by atoms with Gasteiger partial charge in [0.1, 0.15) is 0 Å². The summed E-state index contributed by atoms with van der Waals surface area (Å²) in [6.07, 6.45) is 0.831. The number of carbonyl (C=O) groups excluding carboxylic acids is 3. The Morgan fingerprint density at radius 1 is 1.28 bits per heavy atom. The Bertz CT molecular complexity index is 896. The van der Waals surface area contributed by atoms with Crippen LogP contribution in [-0.2, 0) is 30.7 Å².